The van der Waals surface area contributed by atoms with Crippen molar-refractivity contribution in [1.29, 1.82) is 0 Å². The average Bonchev–Trinajstić information content (AvgIpc) is 2.24. The van der Waals surface area contributed by atoms with E-state index in [1.807, 2.05) is 0 Å². The Morgan fingerprint density at radius 2 is 2.19 bits per heavy atom. The van der Waals surface area contributed by atoms with E-state index in [0.717, 1.165) is 25.0 Å². The molecule has 1 unspecified atom stereocenters. The zero-order valence-corrected chi connectivity index (χ0v) is 9.50. The molecular weight excluding hydrogens is 243 g/mol. The van der Waals surface area contributed by atoms with Crippen LogP contribution in [-0.4, -0.2) is 29.7 Å². The lowest BCUT2D eigenvalue weighted by Gasteiger charge is -2.20. The minimum absolute atomic E-state index is 0.181. The first kappa shape index (κ1) is 13.6. The van der Waals surface area contributed by atoms with Crippen molar-refractivity contribution in [2.75, 3.05) is 12.4 Å². The fourth-order valence-corrected chi connectivity index (χ4v) is 2.49. The van der Waals surface area contributed by atoms with Gasteiger partial charge in [0.25, 0.3) is 5.91 Å². The minimum atomic E-state index is -4.25. The first-order valence-corrected chi connectivity index (χ1v) is 6.14. The van der Waals surface area contributed by atoms with Crippen LogP contribution in [0.5, 0.6) is 0 Å². The highest BCUT2D eigenvalue weighted by Crippen LogP contribution is 2.25. The van der Waals surface area contributed by atoms with Crippen molar-refractivity contribution in [3.63, 3.8) is 0 Å². The molecule has 0 aromatic rings. The molecule has 1 amide bonds. The summed E-state index contributed by atoms with van der Waals surface area (Å²) in [6.45, 7) is -0.535. The molecule has 3 nitrogen and oxygen atoms in total. The molecule has 0 aromatic heterocycles. The second-order valence-corrected chi connectivity index (χ2v) is 4.85. The van der Waals surface area contributed by atoms with Crippen molar-refractivity contribution < 1.29 is 22.8 Å². The minimum Gasteiger partial charge on any atom is -0.273 e. The summed E-state index contributed by atoms with van der Waals surface area (Å²) in [5.41, 5.74) is 2.07. The lowest BCUT2D eigenvalue weighted by Crippen LogP contribution is -2.35. The Kier molecular flexibility index (Phi) is 5.40. The third-order valence-electron chi connectivity index (χ3n) is 2.13. The number of nitrogens with one attached hydrogen (secondary N) is 1. The molecule has 1 fully saturated rings. The highest BCUT2D eigenvalue weighted by molar-refractivity contribution is 8.00. The lowest BCUT2D eigenvalue weighted by atomic mass is 10.2. The number of thioether (sulfide) groups is 1. The third-order valence-corrected chi connectivity index (χ3v) is 3.51. The van der Waals surface area contributed by atoms with Crippen LogP contribution < -0.4 is 5.48 Å². The quantitative estimate of drug-likeness (QED) is 0.620. The summed E-state index contributed by atoms with van der Waals surface area (Å²) in [4.78, 5) is 15.9. The molecule has 0 saturated carbocycles. The van der Waals surface area contributed by atoms with Gasteiger partial charge in [0.15, 0.2) is 0 Å². The smallest absolute Gasteiger partial charge is 0.273 e. The molecule has 1 aliphatic rings. The Balaban J connectivity index is 2.10. The summed E-state index contributed by atoms with van der Waals surface area (Å²) in [7, 11) is 0. The van der Waals surface area contributed by atoms with Crippen LogP contribution in [0.4, 0.5) is 13.2 Å². The largest absolute Gasteiger partial charge is 0.391 e. The molecule has 0 radical (unpaired) electrons. The van der Waals surface area contributed by atoms with Crippen molar-refractivity contribution >= 4 is 17.7 Å². The first-order chi connectivity index (χ1) is 7.49. The second kappa shape index (κ2) is 6.34. The number of amides is 1. The summed E-state index contributed by atoms with van der Waals surface area (Å²) in [6, 6.07) is 0. The van der Waals surface area contributed by atoms with Gasteiger partial charge in [-0.2, -0.15) is 13.2 Å². The molecule has 0 spiro atoms. The van der Waals surface area contributed by atoms with Crippen LogP contribution in [0.25, 0.3) is 0 Å². The van der Waals surface area contributed by atoms with Gasteiger partial charge in [-0.1, -0.05) is 6.42 Å². The van der Waals surface area contributed by atoms with Gasteiger partial charge < -0.3 is 0 Å². The molecule has 1 saturated heterocycles. The molecule has 1 aliphatic heterocycles. The van der Waals surface area contributed by atoms with E-state index in [0.29, 0.717) is 0 Å². The van der Waals surface area contributed by atoms with E-state index in [9.17, 15) is 18.0 Å². The summed E-state index contributed by atoms with van der Waals surface area (Å²) in [6.07, 6.45) is -2.47. The van der Waals surface area contributed by atoms with Crippen molar-refractivity contribution in [2.24, 2.45) is 0 Å². The number of carbonyl (C=O) groups is 1. The monoisotopic (exact) mass is 257 g/mol. The Morgan fingerprint density at radius 3 is 2.75 bits per heavy atom. The average molecular weight is 257 g/mol. The molecule has 7 heteroatoms. The SMILES string of the molecule is O=C(NOCCC(F)(F)F)C1CCCCS1. The standard InChI is InChI=1S/C9H14F3NO2S/c10-9(11,12)4-5-15-13-8(14)7-3-1-2-6-16-7/h7H,1-6H2,(H,13,14). The molecule has 1 atom stereocenters. The highest BCUT2D eigenvalue weighted by atomic mass is 32.2. The third kappa shape index (κ3) is 5.60. The Hall–Kier alpha value is -0.430. The van der Waals surface area contributed by atoms with Crippen LogP contribution in [0.1, 0.15) is 25.7 Å². The number of halogens is 3. The lowest BCUT2D eigenvalue weighted by molar-refractivity contribution is -0.157. The van der Waals surface area contributed by atoms with E-state index < -0.39 is 19.2 Å². The van der Waals surface area contributed by atoms with Crippen LogP contribution in [0.15, 0.2) is 0 Å². The van der Waals surface area contributed by atoms with Crippen molar-refractivity contribution in [1.82, 2.24) is 5.48 Å². The molecule has 16 heavy (non-hydrogen) atoms. The van der Waals surface area contributed by atoms with Gasteiger partial charge in [0.1, 0.15) is 0 Å². The summed E-state index contributed by atoms with van der Waals surface area (Å²) < 4.78 is 35.2. The number of alkyl halides is 3. The molecule has 0 aromatic carbocycles. The van der Waals surface area contributed by atoms with E-state index in [1.54, 1.807) is 0 Å². The first-order valence-electron chi connectivity index (χ1n) is 5.09. The molecular formula is C9H14F3NO2S. The Bertz CT molecular complexity index is 229. The van der Waals surface area contributed by atoms with E-state index in [-0.39, 0.29) is 11.2 Å². The summed E-state index contributed by atoms with van der Waals surface area (Å²) in [5.74, 6) is 0.590. The van der Waals surface area contributed by atoms with Gasteiger partial charge in [0.05, 0.1) is 18.3 Å². The van der Waals surface area contributed by atoms with E-state index in [2.05, 4.69) is 10.3 Å². The topological polar surface area (TPSA) is 38.3 Å². The Labute approximate surface area is 96.1 Å². The van der Waals surface area contributed by atoms with Gasteiger partial charge in [-0.05, 0) is 18.6 Å². The fraction of sp³-hybridized carbons (Fsp3) is 0.889. The van der Waals surface area contributed by atoms with Crippen LogP contribution in [0.3, 0.4) is 0 Å². The number of hydroxylamine groups is 1. The summed E-state index contributed by atoms with van der Waals surface area (Å²) in [5, 5.41) is -0.181. The van der Waals surface area contributed by atoms with Gasteiger partial charge in [-0.15, -0.1) is 11.8 Å². The molecule has 1 heterocycles. The molecule has 1 N–H and O–H groups in total. The van der Waals surface area contributed by atoms with Gasteiger partial charge in [0.2, 0.25) is 0 Å². The predicted octanol–water partition coefficient (Wildman–Crippen LogP) is 2.27. The number of rotatable bonds is 4. The van der Waals surface area contributed by atoms with Crippen LogP contribution >= 0.6 is 11.8 Å². The normalized spacial score (nSPS) is 21.8. The van der Waals surface area contributed by atoms with Crippen molar-refractivity contribution in [3.8, 4) is 0 Å². The maximum atomic E-state index is 11.7. The maximum absolute atomic E-state index is 11.7. The molecule has 0 aliphatic carbocycles. The van der Waals surface area contributed by atoms with Crippen molar-refractivity contribution in [2.45, 2.75) is 37.1 Å². The van der Waals surface area contributed by atoms with Gasteiger partial charge in [-0.25, -0.2) is 5.48 Å². The zero-order valence-electron chi connectivity index (χ0n) is 8.68. The highest BCUT2D eigenvalue weighted by Gasteiger charge is 2.27. The van der Waals surface area contributed by atoms with Gasteiger partial charge in [0, 0.05) is 0 Å². The fourth-order valence-electron chi connectivity index (χ4n) is 1.30. The second-order valence-electron chi connectivity index (χ2n) is 3.54. The van der Waals surface area contributed by atoms with E-state index >= 15 is 0 Å². The Morgan fingerprint density at radius 1 is 1.44 bits per heavy atom. The number of carbonyl (C=O) groups excluding carboxylic acids is 1. The number of hydrogen-bond acceptors (Lipinski definition) is 3. The number of hydrogen-bond donors (Lipinski definition) is 1. The summed E-state index contributed by atoms with van der Waals surface area (Å²) >= 11 is 1.52. The molecule has 1 rings (SSSR count). The van der Waals surface area contributed by atoms with Gasteiger partial charge >= 0.3 is 6.18 Å². The van der Waals surface area contributed by atoms with E-state index in [4.69, 9.17) is 0 Å². The van der Waals surface area contributed by atoms with Crippen LogP contribution in [0.2, 0.25) is 0 Å². The molecule has 94 valence electrons. The van der Waals surface area contributed by atoms with Gasteiger partial charge in [-0.3, -0.25) is 9.63 Å². The van der Waals surface area contributed by atoms with E-state index in [1.165, 1.54) is 11.8 Å². The molecule has 0 bridgehead atoms. The maximum Gasteiger partial charge on any atom is 0.391 e. The zero-order chi connectivity index (χ0) is 12.0. The van der Waals surface area contributed by atoms with Crippen LogP contribution in [-0.2, 0) is 9.63 Å². The van der Waals surface area contributed by atoms with Crippen LogP contribution in [0, 0.1) is 0 Å². The van der Waals surface area contributed by atoms with Crippen molar-refractivity contribution in [3.05, 3.63) is 0 Å². The predicted molar refractivity (Wildman–Crippen MR) is 54.9 cm³/mol.